The van der Waals surface area contributed by atoms with Gasteiger partial charge in [0.1, 0.15) is 0 Å². The Morgan fingerprint density at radius 3 is 2.59 bits per heavy atom. The summed E-state index contributed by atoms with van der Waals surface area (Å²) in [6, 6.07) is 0. The topological polar surface area (TPSA) is 40.5 Å². The molecule has 2 heteroatoms. The van der Waals surface area contributed by atoms with Crippen LogP contribution in [0.4, 0.5) is 0 Å². The molecule has 0 radical (unpaired) electrons. The molecule has 166 valence electrons. The monoisotopic (exact) mass is 404 g/mol. The Balaban J connectivity index is 1.49. The molecule has 4 aliphatic carbocycles. The minimum atomic E-state index is -1.30. The summed E-state index contributed by atoms with van der Waals surface area (Å²) in [6.07, 6.45) is 9.81. The quantitative estimate of drug-likeness (QED) is 0.523. The van der Waals surface area contributed by atoms with E-state index >= 15 is 0 Å². The summed E-state index contributed by atoms with van der Waals surface area (Å²) in [5, 5.41) is 20.8. The van der Waals surface area contributed by atoms with Crippen LogP contribution in [-0.2, 0) is 0 Å². The zero-order valence-corrected chi connectivity index (χ0v) is 19.5. The van der Waals surface area contributed by atoms with Crippen molar-refractivity contribution < 1.29 is 13.0 Å². The van der Waals surface area contributed by atoms with Gasteiger partial charge >= 0.3 is 0 Å². The second-order valence-corrected chi connectivity index (χ2v) is 11.9. The zero-order chi connectivity index (χ0) is 22.8. The molecule has 29 heavy (non-hydrogen) atoms. The molecule has 0 spiro atoms. The van der Waals surface area contributed by atoms with Crippen molar-refractivity contribution in [3.05, 3.63) is 11.6 Å². The van der Waals surface area contributed by atoms with Gasteiger partial charge in [-0.3, -0.25) is 0 Å². The molecule has 0 aromatic heterocycles. The highest BCUT2D eigenvalue weighted by molar-refractivity contribution is 5.25. The lowest BCUT2D eigenvalue weighted by molar-refractivity contribution is -0.0579. The first-order valence-corrected chi connectivity index (χ1v) is 12.4. The minimum Gasteiger partial charge on any atom is -0.393 e. The van der Waals surface area contributed by atoms with Gasteiger partial charge < -0.3 is 10.2 Å². The average molecular weight is 405 g/mol. The van der Waals surface area contributed by atoms with E-state index in [-0.39, 0.29) is 11.3 Å². The van der Waals surface area contributed by atoms with Crippen LogP contribution in [0, 0.1) is 46.3 Å². The SMILES string of the molecule is [2H][C@]1(O)CC[C@@]2(C)C(=CC[C@H]3[C@@H]4CC[C@H]([C@H](C)CC[C@@]([2H])(O)C(C)C)[C@@]4(C)CC[C@@H]32)C1. The Kier molecular flexibility index (Phi) is 5.32. The summed E-state index contributed by atoms with van der Waals surface area (Å²) in [5.41, 5.74) is 1.93. The molecule has 0 aromatic carbocycles. The van der Waals surface area contributed by atoms with Crippen molar-refractivity contribution >= 4 is 0 Å². The third-order valence-corrected chi connectivity index (χ3v) is 10.2. The summed E-state index contributed by atoms with van der Waals surface area (Å²) in [5.74, 6) is 3.44. The molecular weight excluding hydrogens is 356 g/mol. The van der Waals surface area contributed by atoms with Gasteiger partial charge in [-0.2, -0.15) is 0 Å². The largest absolute Gasteiger partial charge is 0.393 e. The number of allylic oxidation sites excluding steroid dienone is 1. The molecule has 3 saturated carbocycles. The van der Waals surface area contributed by atoms with E-state index in [9.17, 15) is 10.2 Å². The van der Waals surface area contributed by atoms with Gasteiger partial charge in [-0.25, -0.2) is 0 Å². The Labute approximate surface area is 182 Å². The molecule has 0 bridgehead atoms. The van der Waals surface area contributed by atoms with Crippen LogP contribution in [-0.4, -0.2) is 22.4 Å². The predicted molar refractivity (Wildman–Crippen MR) is 120 cm³/mol. The predicted octanol–water partition coefficient (Wildman–Crippen LogP) is 6.36. The Bertz CT molecular complexity index is 714. The van der Waals surface area contributed by atoms with E-state index in [2.05, 4.69) is 26.8 Å². The smallest absolute Gasteiger partial charge is 0.0604 e. The molecule has 4 rings (SSSR count). The van der Waals surface area contributed by atoms with Crippen molar-refractivity contribution in [2.45, 2.75) is 111 Å². The van der Waals surface area contributed by atoms with Crippen LogP contribution in [0.25, 0.3) is 0 Å². The van der Waals surface area contributed by atoms with Crippen molar-refractivity contribution in [3.8, 4) is 0 Å². The van der Waals surface area contributed by atoms with E-state index in [0.29, 0.717) is 42.4 Å². The lowest BCUT2D eigenvalue weighted by Gasteiger charge is -2.58. The molecule has 3 fully saturated rings. The van der Waals surface area contributed by atoms with Crippen molar-refractivity contribution in [1.82, 2.24) is 0 Å². The molecule has 4 aliphatic rings. The summed E-state index contributed by atoms with van der Waals surface area (Å²) in [7, 11) is 0. The molecule has 2 nitrogen and oxygen atoms in total. The molecule has 9 atom stereocenters. The summed E-state index contributed by atoms with van der Waals surface area (Å²) < 4.78 is 16.4. The maximum Gasteiger partial charge on any atom is 0.0604 e. The van der Waals surface area contributed by atoms with E-state index in [0.717, 1.165) is 31.1 Å². The highest BCUT2D eigenvalue weighted by Gasteiger charge is 2.59. The first-order chi connectivity index (χ1) is 14.3. The average Bonchev–Trinajstić information content (AvgIpc) is 3.04. The number of fused-ring (bicyclic) bond motifs is 5. The first-order valence-electron chi connectivity index (χ1n) is 13.4. The molecule has 0 amide bonds. The fraction of sp³-hybridized carbons (Fsp3) is 0.926. The third-order valence-electron chi connectivity index (χ3n) is 10.2. The van der Waals surface area contributed by atoms with Gasteiger partial charge in [0, 0.05) is 0 Å². The maximum absolute atomic E-state index is 10.4. The van der Waals surface area contributed by atoms with Crippen LogP contribution in [0.5, 0.6) is 0 Å². The van der Waals surface area contributed by atoms with Crippen LogP contribution in [0.1, 0.15) is 102 Å². The molecule has 0 unspecified atom stereocenters. The highest BCUT2D eigenvalue weighted by Crippen LogP contribution is 2.67. The number of hydrogen-bond donors (Lipinski definition) is 2. The first kappa shape index (κ1) is 19.4. The Morgan fingerprint density at radius 1 is 1.10 bits per heavy atom. The standard InChI is InChI=1S/C27H46O2/c1-17(2)25(29)11-6-18(3)22-9-10-23-21-8-7-19-16-20(28)12-14-26(19,4)24(21)13-15-27(22,23)5/h7,17-18,20-25,28-29H,6,8-16H2,1-5H3/t18-,20+,21+,22-,23+,24+,25-,26+,27-/m1/s1/i20D,25D. The second-order valence-electron chi connectivity index (χ2n) is 11.9. The van der Waals surface area contributed by atoms with E-state index in [1.807, 2.05) is 13.8 Å². The second kappa shape index (κ2) is 7.97. The van der Waals surface area contributed by atoms with Gasteiger partial charge in [0.25, 0.3) is 0 Å². The summed E-state index contributed by atoms with van der Waals surface area (Å²) >= 11 is 0. The fourth-order valence-corrected chi connectivity index (χ4v) is 8.33. The Morgan fingerprint density at radius 2 is 1.86 bits per heavy atom. The third kappa shape index (κ3) is 3.65. The van der Waals surface area contributed by atoms with Crippen molar-refractivity contribution in [2.75, 3.05) is 0 Å². The van der Waals surface area contributed by atoms with Gasteiger partial charge in [-0.05, 0) is 111 Å². The van der Waals surface area contributed by atoms with Gasteiger partial charge in [0.2, 0.25) is 0 Å². The van der Waals surface area contributed by atoms with Crippen LogP contribution in [0.2, 0.25) is 0 Å². The van der Waals surface area contributed by atoms with Crippen molar-refractivity contribution in [1.29, 1.82) is 0 Å². The van der Waals surface area contributed by atoms with Crippen molar-refractivity contribution in [2.24, 2.45) is 46.3 Å². The molecule has 2 N–H and O–H groups in total. The van der Waals surface area contributed by atoms with Crippen LogP contribution in [0.3, 0.4) is 0 Å². The number of hydrogen-bond acceptors (Lipinski definition) is 2. The minimum absolute atomic E-state index is 0.0251. The number of aliphatic hydroxyl groups is 2. The van der Waals surface area contributed by atoms with E-state index in [1.165, 1.54) is 31.3 Å². The van der Waals surface area contributed by atoms with E-state index in [4.69, 9.17) is 2.74 Å². The van der Waals surface area contributed by atoms with Gasteiger partial charge in [0.05, 0.1) is 14.9 Å². The number of rotatable bonds is 5. The normalized spacial score (nSPS) is 51.1. The zero-order valence-electron chi connectivity index (χ0n) is 21.5. The summed E-state index contributed by atoms with van der Waals surface area (Å²) in [6.45, 7) is 11.3. The molecule has 0 heterocycles. The molecule has 0 saturated heterocycles. The highest BCUT2D eigenvalue weighted by atomic mass is 16.3. The Hall–Kier alpha value is -0.340. The van der Waals surface area contributed by atoms with Gasteiger partial charge in [-0.15, -0.1) is 0 Å². The van der Waals surface area contributed by atoms with E-state index < -0.39 is 12.2 Å². The van der Waals surface area contributed by atoms with Gasteiger partial charge in [-0.1, -0.05) is 46.3 Å². The van der Waals surface area contributed by atoms with Crippen LogP contribution < -0.4 is 0 Å². The lowest BCUT2D eigenvalue weighted by Crippen LogP contribution is -2.50. The summed E-state index contributed by atoms with van der Waals surface area (Å²) in [4.78, 5) is 0. The maximum atomic E-state index is 10.4. The van der Waals surface area contributed by atoms with Gasteiger partial charge in [0.15, 0.2) is 0 Å². The molecule has 0 aromatic rings. The molecule has 0 aliphatic heterocycles. The van der Waals surface area contributed by atoms with Crippen LogP contribution >= 0.6 is 0 Å². The van der Waals surface area contributed by atoms with Crippen LogP contribution in [0.15, 0.2) is 11.6 Å². The fourth-order valence-electron chi connectivity index (χ4n) is 8.33. The van der Waals surface area contributed by atoms with E-state index in [1.54, 1.807) is 0 Å². The lowest BCUT2D eigenvalue weighted by atomic mass is 9.47. The van der Waals surface area contributed by atoms with Crippen molar-refractivity contribution in [3.63, 3.8) is 0 Å². The molecular formula is C27H46O2.